The number of hydrogen-bond acceptors (Lipinski definition) is 3. The summed E-state index contributed by atoms with van der Waals surface area (Å²) >= 11 is 0. The van der Waals surface area contributed by atoms with E-state index in [1.54, 1.807) is 0 Å². The normalized spacial score (nSPS) is 38.5. The van der Waals surface area contributed by atoms with Crippen molar-refractivity contribution >= 4 is 8.32 Å². The van der Waals surface area contributed by atoms with Gasteiger partial charge in [0.2, 0.25) is 0 Å². The average Bonchev–Trinajstić information content (AvgIpc) is 3.02. The molecule has 3 atom stereocenters. The van der Waals surface area contributed by atoms with Crippen LogP contribution in [0.4, 0.5) is 0 Å². The van der Waals surface area contributed by atoms with E-state index >= 15 is 0 Å². The Morgan fingerprint density at radius 2 is 1.54 bits per heavy atom. The summed E-state index contributed by atoms with van der Waals surface area (Å²) < 4.78 is 19.3. The second-order valence-electron chi connectivity index (χ2n) is 10.7. The molecule has 24 heavy (non-hydrogen) atoms. The smallest absolute Gasteiger partial charge is 0.192 e. The summed E-state index contributed by atoms with van der Waals surface area (Å²) in [4.78, 5) is 0. The predicted molar refractivity (Wildman–Crippen MR) is 101 cm³/mol. The molecule has 0 unspecified atom stereocenters. The highest BCUT2D eigenvalue weighted by Gasteiger charge is 2.66. The van der Waals surface area contributed by atoms with Crippen LogP contribution in [0.15, 0.2) is 0 Å². The second-order valence-corrected chi connectivity index (χ2v) is 15.4. The highest BCUT2D eigenvalue weighted by molar-refractivity contribution is 6.74. The van der Waals surface area contributed by atoms with Crippen molar-refractivity contribution in [2.24, 2.45) is 16.7 Å². The molecule has 0 bridgehead atoms. The van der Waals surface area contributed by atoms with Crippen molar-refractivity contribution in [3.63, 3.8) is 0 Å². The molecular weight excluding hydrogens is 316 g/mol. The number of ether oxygens (including phenoxy) is 2. The van der Waals surface area contributed by atoms with Gasteiger partial charge in [0.05, 0.1) is 19.3 Å². The highest BCUT2D eigenvalue weighted by Crippen LogP contribution is 2.65. The van der Waals surface area contributed by atoms with E-state index in [0.29, 0.717) is 12.0 Å². The maximum absolute atomic E-state index is 6.94. The molecule has 0 N–H and O–H groups in total. The van der Waals surface area contributed by atoms with Gasteiger partial charge in [-0.25, -0.2) is 0 Å². The standard InChI is InChI=1S/C20H38O3Si/c1-17(2,3)24(7,8)23-16-10-9-15-18(4,5)20(21-13-14-22-20)12-11-19(15,16)6/h15-16H,9-14H2,1-8H3/t15-,16-,19-/m0/s1. The molecule has 1 spiro atoms. The Morgan fingerprint density at radius 1 is 0.958 bits per heavy atom. The molecule has 1 heterocycles. The van der Waals surface area contributed by atoms with E-state index in [0.717, 1.165) is 26.1 Å². The van der Waals surface area contributed by atoms with Crippen LogP contribution in [0.5, 0.6) is 0 Å². The van der Waals surface area contributed by atoms with Gasteiger partial charge in [0, 0.05) is 11.8 Å². The lowest BCUT2D eigenvalue weighted by Gasteiger charge is -2.57. The van der Waals surface area contributed by atoms with Gasteiger partial charge in [0.25, 0.3) is 0 Å². The molecule has 2 saturated carbocycles. The third kappa shape index (κ3) is 2.55. The zero-order chi connectivity index (χ0) is 18.0. The van der Waals surface area contributed by atoms with Crippen LogP contribution in [-0.4, -0.2) is 33.4 Å². The van der Waals surface area contributed by atoms with E-state index in [-0.39, 0.29) is 21.7 Å². The second kappa shape index (κ2) is 5.55. The van der Waals surface area contributed by atoms with Gasteiger partial charge in [0.1, 0.15) is 0 Å². The maximum atomic E-state index is 6.94. The molecule has 0 radical (unpaired) electrons. The van der Waals surface area contributed by atoms with E-state index in [4.69, 9.17) is 13.9 Å². The topological polar surface area (TPSA) is 27.7 Å². The van der Waals surface area contributed by atoms with E-state index in [1.807, 2.05) is 0 Å². The summed E-state index contributed by atoms with van der Waals surface area (Å²) in [6, 6.07) is 0. The van der Waals surface area contributed by atoms with Crippen molar-refractivity contribution in [3.8, 4) is 0 Å². The van der Waals surface area contributed by atoms with Crippen molar-refractivity contribution < 1.29 is 13.9 Å². The Morgan fingerprint density at radius 3 is 2.08 bits per heavy atom. The summed E-state index contributed by atoms with van der Waals surface area (Å²) in [5.41, 5.74) is 0.293. The van der Waals surface area contributed by atoms with Crippen molar-refractivity contribution in [1.82, 2.24) is 0 Å². The van der Waals surface area contributed by atoms with Gasteiger partial charge in [-0.3, -0.25) is 0 Å². The lowest BCUT2D eigenvalue weighted by Crippen LogP contribution is -2.59. The van der Waals surface area contributed by atoms with Crippen molar-refractivity contribution in [2.75, 3.05) is 13.2 Å². The first-order valence-electron chi connectivity index (χ1n) is 9.82. The van der Waals surface area contributed by atoms with Gasteiger partial charge >= 0.3 is 0 Å². The van der Waals surface area contributed by atoms with Gasteiger partial charge in [-0.15, -0.1) is 0 Å². The molecule has 1 aliphatic heterocycles. The number of rotatable bonds is 2. The third-order valence-electron chi connectivity index (χ3n) is 8.09. The Kier molecular flexibility index (Phi) is 4.36. The predicted octanol–water partition coefficient (Wildman–Crippen LogP) is 5.36. The summed E-state index contributed by atoms with van der Waals surface area (Å²) in [5, 5.41) is 0.268. The molecule has 3 fully saturated rings. The van der Waals surface area contributed by atoms with Crippen LogP contribution in [0.2, 0.25) is 18.1 Å². The molecule has 3 nitrogen and oxygen atoms in total. The minimum atomic E-state index is -1.74. The molecule has 0 aromatic heterocycles. The van der Waals surface area contributed by atoms with Gasteiger partial charge in [-0.05, 0) is 48.7 Å². The molecule has 0 aromatic rings. The third-order valence-corrected chi connectivity index (χ3v) is 12.6. The van der Waals surface area contributed by atoms with Gasteiger partial charge in [-0.1, -0.05) is 41.5 Å². The first-order chi connectivity index (χ1) is 10.9. The summed E-state index contributed by atoms with van der Waals surface area (Å²) in [6.07, 6.45) is 4.97. The van der Waals surface area contributed by atoms with Crippen LogP contribution < -0.4 is 0 Å². The molecule has 3 rings (SSSR count). The fourth-order valence-corrected chi connectivity index (χ4v) is 6.89. The zero-order valence-corrected chi connectivity index (χ0v) is 18.1. The fourth-order valence-electron chi connectivity index (χ4n) is 5.44. The van der Waals surface area contributed by atoms with Crippen LogP contribution in [0, 0.1) is 16.7 Å². The van der Waals surface area contributed by atoms with Gasteiger partial charge in [0.15, 0.2) is 14.1 Å². The van der Waals surface area contributed by atoms with Crippen molar-refractivity contribution in [1.29, 1.82) is 0 Å². The molecule has 3 aliphatic rings. The Labute approximate surface area is 150 Å². The first kappa shape index (κ1) is 18.9. The number of fused-ring (bicyclic) bond motifs is 1. The Bertz CT molecular complexity index is 488. The summed E-state index contributed by atoms with van der Waals surface area (Å²) in [6.45, 7) is 20.5. The quantitative estimate of drug-likeness (QED) is 0.625. The van der Waals surface area contributed by atoms with Crippen molar-refractivity contribution in [3.05, 3.63) is 0 Å². The van der Waals surface area contributed by atoms with E-state index in [9.17, 15) is 0 Å². The largest absolute Gasteiger partial charge is 0.413 e. The van der Waals surface area contributed by atoms with E-state index in [1.165, 1.54) is 12.8 Å². The van der Waals surface area contributed by atoms with Crippen LogP contribution in [0.3, 0.4) is 0 Å². The maximum Gasteiger partial charge on any atom is 0.192 e. The minimum absolute atomic E-state index is 0.0437. The minimum Gasteiger partial charge on any atom is -0.413 e. The van der Waals surface area contributed by atoms with Crippen LogP contribution >= 0.6 is 0 Å². The fraction of sp³-hybridized carbons (Fsp3) is 1.00. The summed E-state index contributed by atoms with van der Waals surface area (Å²) in [5.74, 6) is 0.245. The SMILES string of the molecule is CC1(C)[C@@H]2CC[C@H](O[Si](C)(C)C(C)(C)C)[C@@]2(C)CCC12OCCO2. The van der Waals surface area contributed by atoms with E-state index < -0.39 is 8.32 Å². The van der Waals surface area contributed by atoms with Crippen LogP contribution in [0.25, 0.3) is 0 Å². The van der Waals surface area contributed by atoms with Crippen LogP contribution in [0.1, 0.15) is 67.2 Å². The average molecular weight is 355 g/mol. The number of hydrogen-bond donors (Lipinski definition) is 0. The van der Waals surface area contributed by atoms with Gasteiger partial charge < -0.3 is 13.9 Å². The molecule has 0 amide bonds. The first-order valence-corrected chi connectivity index (χ1v) is 12.7. The Balaban J connectivity index is 1.85. The lowest BCUT2D eigenvalue weighted by atomic mass is 9.54. The molecule has 1 saturated heterocycles. The molecular formula is C20H38O3Si. The lowest BCUT2D eigenvalue weighted by molar-refractivity contribution is -0.283. The highest BCUT2D eigenvalue weighted by atomic mass is 28.4. The summed E-state index contributed by atoms with van der Waals surface area (Å²) in [7, 11) is -1.74. The van der Waals surface area contributed by atoms with Gasteiger partial charge in [-0.2, -0.15) is 0 Å². The molecule has 140 valence electrons. The monoisotopic (exact) mass is 354 g/mol. The van der Waals surface area contributed by atoms with Crippen LogP contribution in [-0.2, 0) is 13.9 Å². The zero-order valence-electron chi connectivity index (χ0n) is 17.1. The Hall–Kier alpha value is 0.0969. The van der Waals surface area contributed by atoms with Crippen molar-refractivity contribution in [2.45, 2.75) is 97.2 Å². The van der Waals surface area contributed by atoms with E-state index in [2.05, 4.69) is 54.6 Å². The molecule has 0 aromatic carbocycles. The molecule has 2 aliphatic carbocycles. The molecule has 4 heteroatoms.